The van der Waals surface area contributed by atoms with Gasteiger partial charge in [0.25, 0.3) is 0 Å². The molecule has 0 bridgehead atoms. The Kier molecular flexibility index (Phi) is 9.23. The van der Waals surface area contributed by atoms with Crippen molar-refractivity contribution in [2.24, 2.45) is 11.3 Å². The van der Waals surface area contributed by atoms with E-state index in [-0.39, 0.29) is 29.3 Å². The van der Waals surface area contributed by atoms with Gasteiger partial charge in [-0.25, -0.2) is 4.98 Å². The van der Waals surface area contributed by atoms with E-state index in [0.717, 1.165) is 64.0 Å². The molecule has 1 aromatic heterocycles. The first-order chi connectivity index (χ1) is 18.9. The van der Waals surface area contributed by atoms with Gasteiger partial charge in [-0.3, -0.25) is 14.3 Å². The van der Waals surface area contributed by atoms with Crippen LogP contribution >= 0.6 is 11.6 Å². The van der Waals surface area contributed by atoms with Gasteiger partial charge in [0.1, 0.15) is 12.7 Å². The van der Waals surface area contributed by atoms with E-state index >= 15 is 0 Å². The monoisotopic (exact) mass is 554 g/mol. The van der Waals surface area contributed by atoms with E-state index in [4.69, 9.17) is 11.6 Å². The SMILES string of the molecule is CC(=O)N1CCC(N[C@H](Cc2ccc(Cl)cc2)C(=O)N2CCC(Cn3cncn3)(C3CCCCC3)CC2)CC1. The summed E-state index contributed by atoms with van der Waals surface area (Å²) in [5.41, 5.74) is 1.27. The number of piperidine rings is 2. The molecule has 0 unspecified atom stereocenters. The molecule has 2 aromatic rings. The molecule has 1 atom stereocenters. The number of amides is 2. The van der Waals surface area contributed by atoms with E-state index in [1.54, 1.807) is 13.3 Å². The van der Waals surface area contributed by atoms with Gasteiger partial charge in [-0.2, -0.15) is 5.10 Å². The average Bonchev–Trinajstić information content (AvgIpc) is 3.47. The first-order valence-electron chi connectivity index (χ1n) is 14.8. The minimum absolute atomic E-state index is 0.128. The molecule has 0 spiro atoms. The molecule has 1 aliphatic carbocycles. The number of hydrogen-bond donors (Lipinski definition) is 1. The lowest BCUT2D eigenvalue weighted by molar-refractivity contribution is -0.138. The lowest BCUT2D eigenvalue weighted by Crippen LogP contribution is -2.56. The number of nitrogens with one attached hydrogen (secondary N) is 1. The lowest BCUT2D eigenvalue weighted by Gasteiger charge is -2.48. The molecule has 1 N–H and O–H groups in total. The van der Waals surface area contributed by atoms with Gasteiger partial charge in [-0.1, -0.05) is 43.0 Å². The minimum Gasteiger partial charge on any atom is -0.343 e. The van der Waals surface area contributed by atoms with Crippen molar-refractivity contribution in [3.8, 4) is 0 Å². The smallest absolute Gasteiger partial charge is 0.240 e. The van der Waals surface area contributed by atoms with E-state index in [9.17, 15) is 9.59 Å². The number of benzene rings is 1. The van der Waals surface area contributed by atoms with E-state index in [1.165, 1.54) is 32.1 Å². The molecule has 39 heavy (non-hydrogen) atoms. The highest BCUT2D eigenvalue weighted by Gasteiger charge is 2.44. The fraction of sp³-hybridized carbons (Fsp3) is 0.667. The zero-order valence-electron chi connectivity index (χ0n) is 23.2. The van der Waals surface area contributed by atoms with Crippen LogP contribution in [0.5, 0.6) is 0 Å². The Hall–Kier alpha value is -2.45. The van der Waals surface area contributed by atoms with Crippen molar-refractivity contribution in [2.45, 2.75) is 89.8 Å². The van der Waals surface area contributed by atoms with Crippen LogP contribution in [0.3, 0.4) is 0 Å². The third-order valence-electron chi connectivity index (χ3n) is 9.51. The Morgan fingerprint density at radius 2 is 1.69 bits per heavy atom. The Morgan fingerprint density at radius 1 is 1.00 bits per heavy atom. The van der Waals surface area contributed by atoms with Crippen molar-refractivity contribution in [3.05, 3.63) is 47.5 Å². The molecule has 5 rings (SSSR count). The van der Waals surface area contributed by atoms with Gasteiger partial charge in [0.15, 0.2) is 0 Å². The zero-order valence-corrected chi connectivity index (χ0v) is 24.0. The standard InChI is InChI=1S/C30H43ClN6O2/c1-23(38)35-15-11-27(12-16-35)34-28(19-24-7-9-26(31)10-8-24)29(39)36-17-13-30(14-18-36,20-37-22-32-21-33-37)25-5-3-2-4-6-25/h7-10,21-22,25,27-28,34H,2-6,11-20H2,1H3/t28-/m1/s1. The molecule has 8 nitrogen and oxygen atoms in total. The molecule has 212 valence electrons. The number of rotatable bonds is 8. The maximum absolute atomic E-state index is 14.1. The molecule has 9 heteroatoms. The summed E-state index contributed by atoms with van der Waals surface area (Å²) in [6.07, 6.45) is 14.4. The molecule has 1 saturated carbocycles. The second kappa shape index (κ2) is 12.8. The van der Waals surface area contributed by atoms with Crippen LogP contribution in [0.15, 0.2) is 36.9 Å². The van der Waals surface area contributed by atoms with Crippen molar-refractivity contribution in [2.75, 3.05) is 26.2 Å². The van der Waals surface area contributed by atoms with Crippen molar-refractivity contribution in [3.63, 3.8) is 0 Å². The summed E-state index contributed by atoms with van der Waals surface area (Å²) in [5, 5.41) is 8.86. The first kappa shape index (κ1) is 28.1. The molecule has 3 heterocycles. The molecule has 0 radical (unpaired) electrons. The van der Waals surface area contributed by atoms with Crippen LogP contribution in [-0.2, 0) is 22.6 Å². The fourth-order valence-electron chi connectivity index (χ4n) is 7.16. The molecule has 2 saturated heterocycles. The normalized spacial score (nSPS) is 21.6. The van der Waals surface area contributed by atoms with Crippen molar-refractivity contribution >= 4 is 23.4 Å². The Morgan fingerprint density at radius 3 is 2.31 bits per heavy atom. The van der Waals surface area contributed by atoms with Crippen LogP contribution in [0.2, 0.25) is 5.02 Å². The number of likely N-dealkylation sites (tertiary alicyclic amines) is 2. The Labute approximate surface area is 237 Å². The molecular weight excluding hydrogens is 512 g/mol. The number of halogens is 1. The topological polar surface area (TPSA) is 83.4 Å². The summed E-state index contributed by atoms with van der Waals surface area (Å²) in [6.45, 7) is 5.57. The number of aromatic nitrogens is 3. The predicted octanol–water partition coefficient (Wildman–Crippen LogP) is 4.33. The van der Waals surface area contributed by atoms with Crippen LogP contribution in [0.1, 0.15) is 70.3 Å². The van der Waals surface area contributed by atoms with E-state index in [2.05, 4.69) is 20.3 Å². The van der Waals surface area contributed by atoms with Gasteiger partial charge in [-0.05, 0) is 74.0 Å². The molecule has 2 aliphatic heterocycles. The van der Waals surface area contributed by atoms with Crippen LogP contribution in [-0.4, -0.2) is 74.6 Å². The minimum atomic E-state index is -0.294. The predicted molar refractivity (Wildman–Crippen MR) is 152 cm³/mol. The summed E-state index contributed by atoms with van der Waals surface area (Å²) in [6, 6.07) is 7.76. The first-order valence-corrected chi connectivity index (χ1v) is 15.2. The number of hydrogen-bond acceptors (Lipinski definition) is 5. The van der Waals surface area contributed by atoms with Crippen molar-refractivity contribution in [1.29, 1.82) is 0 Å². The van der Waals surface area contributed by atoms with E-state index in [0.29, 0.717) is 17.4 Å². The molecule has 1 aromatic carbocycles. The Balaban J connectivity index is 1.28. The highest BCUT2D eigenvalue weighted by Crippen LogP contribution is 2.47. The summed E-state index contributed by atoms with van der Waals surface area (Å²) in [4.78, 5) is 34.1. The van der Waals surface area contributed by atoms with Crippen molar-refractivity contribution in [1.82, 2.24) is 29.9 Å². The quantitative estimate of drug-likeness (QED) is 0.525. The zero-order chi connectivity index (χ0) is 27.2. The largest absolute Gasteiger partial charge is 0.343 e. The molecule has 3 aliphatic rings. The molecular formula is C30H43ClN6O2. The maximum atomic E-state index is 14.1. The second-order valence-electron chi connectivity index (χ2n) is 11.9. The highest BCUT2D eigenvalue weighted by atomic mass is 35.5. The number of carbonyl (C=O) groups excluding carboxylic acids is 2. The summed E-state index contributed by atoms with van der Waals surface area (Å²) in [7, 11) is 0. The Bertz CT molecular complexity index is 1070. The van der Waals surface area contributed by atoms with Crippen LogP contribution in [0.4, 0.5) is 0 Å². The summed E-state index contributed by atoms with van der Waals surface area (Å²) < 4.78 is 2.00. The number of nitrogens with zero attached hydrogens (tertiary/aromatic N) is 5. The maximum Gasteiger partial charge on any atom is 0.240 e. The summed E-state index contributed by atoms with van der Waals surface area (Å²) in [5.74, 6) is 1.00. The third-order valence-corrected chi connectivity index (χ3v) is 9.77. The van der Waals surface area contributed by atoms with Crippen LogP contribution in [0, 0.1) is 11.3 Å². The second-order valence-corrected chi connectivity index (χ2v) is 12.4. The number of carbonyl (C=O) groups is 2. The van der Waals surface area contributed by atoms with E-state index in [1.807, 2.05) is 40.2 Å². The van der Waals surface area contributed by atoms with Gasteiger partial charge in [0.05, 0.1) is 6.04 Å². The van der Waals surface area contributed by atoms with E-state index < -0.39 is 0 Å². The van der Waals surface area contributed by atoms with Gasteiger partial charge in [-0.15, -0.1) is 0 Å². The van der Waals surface area contributed by atoms with Crippen LogP contribution < -0.4 is 5.32 Å². The van der Waals surface area contributed by atoms with Crippen LogP contribution in [0.25, 0.3) is 0 Å². The third kappa shape index (κ3) is 7.01. The molecule has 3 fully saturated rings. The van der Waals surface area contributed by atoms with Gasteiger partial charge in [0, 0.05) is 50.7 Å². The highest BCUT2D eigenvalue weighted by molar-refractivity contribution is 6.30. The molecule has 2 amide bonds. The summed E-state index contributed by atoms with van der Waals surface area (Å²) >= 11 is 6.14. The average molecular weight is 555 g/mol. The van der Waals surface area contributed by atoms with Gasteiger partial charge in [0.2, 0.25) is 11.8 Å². The van der Waals surface area contributed by atoms with Crippen molar-refractivity contribution < 1.29 is 9.59 Å². The fourth-order valence-corrected chi connectivity index (χ4v) is 7.29. The van der Waals surface area contributed by atoms with Gasteiger partial charge < -0.3 is 15.1 Å². The lowest BCUT2D eigenvalue weighted by atomic mass is 9.63. The van der Waals surface area contributed by atoms with Gasteiger partial charge >= 0.3 is 0 Å².